The quantitative estimate of drug-likeness (QED) is 0.479. The molecule has 1 rings (SSSR count). The summed E-state index contributed by atoms with van der Waals surface area (Å²) in [6.07, 6.45) is 0.338. The molecule has 1 heterocycles. The molecule has 1 aromatic heterocycles. The molecule has 0 saturated heterocycles. The first kappa shape index (κ1) is 7.71. The Labute approximate surface area is 63.1 Å². The molecule has 1 aromatic rings. The number of hydrogen-bond donors (Lipinski definition) is 0. The normalized spacial score (nSPS) is 9.91. The molecular weight excluding hydrogens is 148 g/mol. The number of aryl methyl sites for hydroxylation is 1. The van der Waals surface area contributed by atoms with Crippen LogP contribution in [0.1, 0.15) is 11.5 Å². The maximum Gasteiger partial charge on any atom is 0.209 e. The molecule has 0 spiro atoms. The Balaban J connectivity index is 2.45. The van der Waals surface area contributed by atoms with Gasteiger partial charge < -0.3 is 4.52 Å². The van der Waals surface area contributed by atoms with Crippen molar-refractivity contribution in [2.24, 2.45) is 0 Å². The molecule has 0 aliphatic carbocycles. The summed E-state index contributed by atoms with van der Waals surface area (Å²) in [4.78, 5) is 9.56. The van der Waals surface area contributed by atoms with E-state index in [1.165, 1.54) is 0 Å². The van der Waals surface area contributed by atoms with Crippen LogP contribution in [0.2, 0.25) is 0 Å². The van der Waals surface area contributed by atoms with Crippen LogP contribution >= 0.6 is 0 Å². The van der Waals surface area contributed by atoms with Crippen LogP contribution in [-0.2, 0) is 6.42 Å². The van der Waals surface area contributed by atoms with Gasteiger partial charge in [0.05, 0.1) is 12.1 Å². The van der Waals surface area contributed by atoms with Crippen LogP contribution in [0, 0.1) is 17.0 Å². The lowest BCUT2D eigenvalue weighted by Gasteiger charge is -1.86. The third-order valence-electron chi connectivity index (χ3n) is 1.23. The van der Waals surface area contributed by atoms with Crippen LogP contribution in [0.5, 0.6) is 0 Å². The lowest BCUT2D eigenvalue weighted by molar-refractivity contribution is -0.479. The van der Waals surface area contributed by atoms with Gasteiger partial charge in [-0.05, 0) is 6.92 Å². The molecule has 0 fully saturated rings. The number of rotatable bonds is 3. The first-order chi connectivity index (χ1) is 5.18. The average molecular weight is 156 g/mol. The van der Waals surface area contributed by atoms with Crippen molar-refractivity contribution in [3.63, 3.8) is 0 Å². The van der Waals surface area contributed by atoms with E-state index in [1.54, 1.807) is 13.0 Å². The second-order valence-corrected chi connectivity index (χ2v) is 2.24. The Bertz CT molecular complexity index is 256. The van der Waals surface area contributed by atoms with E-state index in [1.807, 2.05) is 0 Å². The van der Waals surface area contributed by atoms with Gasteiger partial charge in [0.2, 0.25) is 6.54 Å². The van der Waals surface area contributed by atoms with Crippen LogP contribution in [-0.4, -0.2) is 16.6 Å². The number of nitro groups is 1. The molecule has 0 aliphatic heterocycles. The Hall–Kier alpha value is -1.39. The van der Waals surface area contributed by atoms with E-state index in [4.69, 9.17) is 4.52 Å². The average Bonchev–Trinajstić information content (AvgIpc) is 2.31. The van der Waals surface area contributed by atoms with Crippen molar-refractivity contribution in [2.75, 3.05) is 6.54 Å². The largest absolute Gasteiger partial charge is 0.361 e. The molecule has 0 bridgehead atoms. The molecule has 0 saturated carbocycles. The van der Waals surface area contributed by atoms with E-state index >= 15 is 0 Å². The molecule has 0 aromatic carbocycles. The maximum absolute atomic E-state index is 9.93. The van der Waals surface area contributed by atoms with Gasteiger partial charge in [0.25, 0.3) is 0 Å². The van der Waals surface area contributed by atoms with Crippen LogP contribution in [0.4, 0.5) is 0 Å². The highest BCUT2D eigenvalue weighted by Crippen LogP contribution is 2.01. The topological polar surface area (TPSA) is 69.2 Å². The van der Waals surface area contributed by atoms with Crippen LogP contribution in [0.25, 0.3) is 0 Å². The highest BCUT2D eigenvalue weighted by atomic mass is 16.6. The standard InChI is InChI=1S/C6H8N2O3/c1-5-4-6(7-11-5)2-3-8(9)10/h4H,2-3H2,1H3. The van der Waals surface area contributed by atoms with E-state index in [2.05, 4.69) is 5.16 Å². The van der Waals surface area contributed by atoms with E-state index in [9.17, 15) is 10.1 Å². The predicted molar refractivity (Wildman–Crippen MR) is 36.8 cm³/mol. The smallest absolute Gasteiger partial charge is 0.209 e. The van der Waals surface area contributed by atoms with Gasteiger partial charge in [0.1, 0.15) is 5.76 Å². The fourth-order valence-electron chi connectivity index (χ4n) is 0.742. The molecule has 11 heavy (non-hydrogen) atoms. The van der Waals surface area contributed by atoms with E-state index < -0.39 is 0 Å². The van der Waals surface area contributed by atoms with Gasteiger partial charge in [-0.15, -0.1) is 0 Å². The van der Waals surface area contributed by atoms with Gasteiger partial charge in [0, 0.05) is 11.0 Å². The van der Waals surface area contributed by atoms with Gasteiger partial charge in [-0.2, -0.15) is 0 Å². The lowest BCUT2D eigenvalue weighted by Crippen LogP contribution is -2.03. The van der Waals surface area contributed by atoms with Crippen LogP contribution < -0.4 is 0 Å². The zero-order valence-electron chi connectivity index (χ0n) is 6.11. The van der Waals surface area contributed by atoms with Gasteiger partial charge in [-0.1, -0.05) is 5.16 Å². The van der Waals surface area contributed by atoms with Gasteiger partial charge in [0.15, 0.2) is 0 Å². The molecule has 5 nitrogen and oxygen atoms in total. The molecular formula is C6H8N2O3. The summed E-state index contributed by atoms with van der Waals surface area (Å²) in [5.41, 5.74) is 0.638. The second kappa shape index (κ2) is 3.14. The van der Waals surface area contributed by atoms with Crippen molar-refractivity contribution in [1.82, 2.24) is 5.16 Å². The van der Waals surface area contributed by atoms with E-state index in [0.717, 1.165) is 0 Å². The second-order valence-electron chi connectivity index (χ2n) is 2.24. The Kier molecular flexibility index (Phi) is 2.20. The monoisotopic (exact) mass is 156 g/mol. The SMILES string of the molecule is Cc1cc(CC[N+](=O)[O-])no1. The fourth-order valence-corrected chi connectivity index (χ4v) is 0.742. The number of hydrogen-bond acceptors (Lipinski definition) is 4. The van der Waals surface area contributed by atoms with Gasteiger partial charge in [-0.25, -0.2) is 0 Å². The zero-order chi connectivity index (χ0) is 8.27. The maximum atomic E-state index is 9.93. The summed E-state index contributed by atoms with van der Waals surface area (Å²) in [5.74, 6) is 0.684. The van der Waals surface area contributed by atoms with E-state index in [-0.39, 0.29) is 11.5 Å². The molecule has 0 radical (unpaired) electrons. The van der Waals surface area contributed by atoms with Crippen molar-refractivity contribution in [1.29, 1.82) is 0 Å². The fraction of sp³-hybridized carbons (Fsp3) is 0.500. The Morgan fingerprint density at radius 1 is 1.82 bits per heavy atom. The Morgan fingerprint density at radius 3 is 3.00 bits per heavy atom. The molecule has 0 aliphatic rings. The van der Waals surface area contributed by atoms with Crippen molar-refractivity contribution < 1.29 is 9.45 Å². The van der Waals surface area contributed by atoms with Crippen molar-refractivity contribution in [2.45, 2.75) is 13.3 Å². The summed E-state index contributed by atoms with van der Waals surface area (Å²) in [6.45, 7) is 1.66. The molecule has 0 amide bonds. The molecule has 5 heteroatoms. The number of nitrogens with zero attached hydrogens (tertiary/aromatic N) is 2. The van der Waals surface area contributed by atoms with Crippen LogP contribution in [0.15, 0.2) is 10.6 Å². The predicted octanol–water partition coefficient (Wildman–Crippen LogP) is 0.802. The van der Waals surface area contributed by atoms with Crippen molar-refractivity contribution in [3.05, 3.63) is 27.6 Å². The van der Waals surface area contributed by atoms with Crippen molar-refractivity contribution in [3.8, 4) is 0 Å². The summed E-state index contributed by atoms with van der Waals surface area (Å²) < 4.78 is 4.72. The Morgan fingerprint density at radius 2 is 2.55 bits per heavy atom. The lowest BCUT2D eigenvalue weighted by atomic mass is 10.3. The highest BCUT2D eigenvalue weighted by Gasteiger charge is 2.03. The third-order valence-corrected chi connectivity index (χ3v) is 1.23. The summed E-state index contributed by atoms with van der Waals surface area (Å²) in [5, 5.41) is 13.5. The summed E-state index contributed by atoms with van der Waals surface area (Å²) in [6, 6.07) is 1.70. The summed E-state index contributed by atoms with van der Waals surface area (Å²) in [7, 11) is 0. The first-order valence-corrected chi connectivity index (χ1v) is 3.22. The summed E-state index contributed by atoms with van der Waals surface area (Å²) >= 11 is 0. The molecule has 0 atom stereocenters. The molecule has 0 unspecified atom stereocenters. The minimum atomic E-state index is -0.371. The molecule has 60 valence electrons. The highest BCUT2D eigenvalue weighted by molar-refractivity contribution is 5.03. The molecule has 0 N–H and O–H groups in total. The zero-order valence-corrected chi connectivity index (χ0v) is 6.11. The number of aromatic nitrogens is 1. The van der Waals surface area contributed by atoms with Gasteiger partial charge >= 0.3 is 0 Å². The van der Waals surface area contributed by atoms with Crippen LogP contribution in [0.3, 0.4) is 0 Å². The van der Waals surface area contributed by atoms with E-state index in [0.29, 0.717) is 17.9 Å². The minimum Gasteiger partial charge on any atom is -0.361 e. The first-order valence-electron chi connectivity index (χ1n) is 3.22. The minimum absolute atomic E-state index is 0.0913. The van der Waals surface area contributed by atoms with Gasteiger partial charge in [-0.3, -0.25) is 10.1 Å². The van der Waals surface area contributed by atoms with Crippen molar-refractivity contribution >= 4 is 0 Å². The third kappa shape index (κ3) is 2.37.